The van der Waals surface area contributed by atoms with Crippen molar-refractivity contribution in [2.75, 3.05) is 13.7 Å². The summed E-state index contributed by atoms with van der Waals surface area (Å²) in [4.78, 5) is 11.1. The van der Waals surface area contributed by atoms with Crippen molar-refractivity contribution in [2.45, 2.75) is 19.2 Å². The van der Waals surface area contributed by atoms with Gasteiger partial charge in [-0.05, 0) is 24.6 Å². The van der Waals surface area contributed by atoms with Gasteiger partial charge in [0.1, 0.15) is 11.9 Å². The number of hydrogen-bond donors (Lipinski definition) is 1. The molecule has 0 fully saturated rings. The molecule has 1 aromatic carbocycles. The molecule has 0 aliphatic rings. The second-order valence-corrected chi connectivity index (χ2v) is 3.38. The van der Waals surface area contributed by atoms with Crippen LogP contribution in [0.2, 0.25) is 0 Å². The highest BCUT2D eigenvalue weighted by Crippen LogP contribution is 2.23. The highest BCUT2D eigenvalue weighted by atomic mass is 19.1. The minimum atomic E-state index is -2.10. The van der Waals surface area contributed by atoms with Crippen molar-refractivity contribution in [1.29, 1.82) is 0 Å². The average Bonchev–Trinajstić information content (AvgIpc) is 2.37. The third-order valence-corrected chi connectivity index (χ3v) is 2.22. The van der Waals surface area contributed by atoms with Gasteiger partial charge in [0, 0.05) is 0 Å². The van der Waals surface area contributed by atoms with E-state index in [4.69, 9.17) is 4.74 Å². The maximum atomic E-state index is 13.5. The van der Waals surface area contributed by atoms with E-state index in [1.54, 1.807) is 19.1 Å². The number of benzene rings is 1. The molecule has 4 nitrogen and oxygen atoms in total. The standard InChI is InChI=1S/C12H15FO4/c1-3-17-12(15)10(13)11(14)8-5-4-6-9(7-8)16-2/h4-7,10-11,14H,3H2,1-2H3/t10-,11+/m0/s1. The summed E-state index contributed by atoms with van der Waals surface area (Å²) >= 11 is 0. The lowest BCUT2D eigenvalue weighted by Gasteiger charge is -2.15. The van der Waals surface area contributed by atoms with Gasteiger partial charge >= 0.3 is 5.97 Å². The molecule has 0 aliphatic carbocycles. The Morgan fingerprint density at radius 3 is 2.82 bits per heavy atom. The van der Waals surface area contributed by atoms with Crippen LogP contribution >= 0.6 is 0 Å². The van der Waals surface area contributed by atoms with Gasteiger partial charge in [0.25, 0.3) is 0 Å². The molecule has 2 atom stereocenters. The highest BCUT2D eigenvalue weighted by molar-refractivity contribution is 5.75. The summed E-state index contributed by atoms with van der Waals surface area (Å²) in [5.74, 6) is -0.583. The van der Waals surface area contributed by atoms with Crippen LogP contribution in [0.25, 0.3) is 0 Å². The summed E-state index contributed by atoms with van der Waals surface area (Å²) in [6.07, 6.45) is -3.65. The molecule has 0 heterocycles. The van der Waals surface area contributed by atoms with Crippen LogP contribution in [0, 0.1) is 0 Å². The molecule has 94 valence electrons. The first-order chi connectivity index (χ1) is 8.10. The predicted octanol–water partition coefficient (Wildman–Crippen LogP) is 1.63. The number of methoxy groups -OCH3 is 1. The van der Waals surface area contributed by atoms with Gasteiger partial charge < -0.3 is 14.6 Å². The number of esters is 1. The molecule has 5 heteroatoms. The van der Waals surface area contributed by atoms with Gasteiger partial charge in [-0.2, -0.15) is 0 Å². The van der Waals surface area contributed by atoms with E-state index in [0.717, 1.165) is 0 Å². The number of carbonyl (C=O) groups is 1. The molecule has 0 aromatic heterocycles. The van der Waals surface area contributed by atoms with Gasteiger partial charge in [-0.15, -0.1) is 0 Å². The summed E-state index contributed by atoms with van der Waals surface area (Å²) in [7, 11) is 1.46. The van der Waals surface area contributed by atoms with E-state index in [2.05, 4.69) is 4.74 Å². The van der Waals surface area contributed by atoms with E-state index in [-0.39, 0.29) is 12.2 Å². The number of hydrogen-bond acceptors (Lipinski definition) is 4. The Morgan fingerprint density at radius 2 is 2.24 bits per heavy atom. The first-order valence-corrected chi connectivity index (χ1v) is 5.22. The predicted molar refractivity (Wildman–Crippen MR) is 59.5 cm³/mol. The quantitative estimate of drug-likeness (QED) is 0.797. The molecule has 1 rings (SSSR count). The van der Waals surface area contributed by atoms with Crippen molar-refractivity contribution >= 4 is 5.97 Å². The van der Waals surface area contributed by atoms with E-state index in [0.29, 0.717) is 5.75 Å². The van der Waals surface area contributed by atoms with E-state index in [9.17, 15) is 14.3 Å². The van der Waals surface area contributed by atoms with Gasteiger partial charge in [0.05, 0.1) is 13.7 Å². The van der Waals surface area contributed by atoms with Crippen LogP contribution in [0.4, 0.5) is 4.39 Å². The van der Waals surface area contributed by atoms with Crippen LogP contribution < -0.4 is 4.74 Å². The monoisotopic (exact) mass is 242 g/mol. The lowest BCUT2D eigenvalue weighted by Crippen LogP contribution is -2.26. The third-order valence-electron chi connectivity index (χ3n) is 2.22. The molecule has 0 saturated heterocycles. The lowest BCUT2D eigenvalue weighted by atomic mass is 10.1. The van der Waals surface area contributed by atoms with Crippen molar-refractivity contribution in [3.8, 4) is 5.75 Å². The minimum absolute atomic E-state index is 0.0735. The molecule has 1 N–H and O–H groups in total. The fourth-order valence-electron chi connectivity index (χ4n) is 1.35. The highest BCUT2D eigenvalue weighted by Gasteiger charge is 2.29. The zero-order valence-corrected chi connectivity index (χ0v) is 9.72. The number of alkyl halides is 1. The summed E-state index contributed by atoms with van der Waals surface area (Å²) in [6.45, 7) is 1.65. The van der Waals surface area contributed by atoms with Crippen LogP contribution in [-0.2, 0) is 9.53 Å². The van der Waals surface area contributed by atoms with Crippen LogP contribution in [0.1, 0.15) is 18.6 Å². The molecule has 0 saturated carbocycles. The Kier molecular flexibility index (Phi) is 4.90. The molecule has 0 radical (unpaired) electrons. The summed E-state index contributed by atoms with van der Waals surface area (Å²) in [5, 5.41) is 9.67. The first kappa shape index (κ1) is 13.4. The molecular formula is C12H15FO4. The Labute approximate surface area is 99.0 Å². The molecule has 1 aromatic rings. The number of carbonyl (C=O) groups excluding carboxylic acids is 1. The lowest BCUT2D eigenvalue weighted by molar-refractivity contribution is -0.153. The van der Waals surface area contributed by atoms with Gasteiger partial charge in [0.15, 0.2) is 0 Å². The van der Waals surface area contributed by atoms with Crippen molar-refractivity contribution in [2.24, 2.45) is 0 Å². The van der Waals surface area contributed by atoms with Gasteiger partial charge in [-0.1, -0.05) is 12.1 Å². The zero-order chi connectivity index (χ0) is 12.8. The van der Waals surface area contributed by atoms with E-state index < -0.39 is 18.2 Å². The molecule has 0 spiro atoms. The molecule has 0 aliphatic heterocycles. The zero-order valence-electron chi connectivity index (χ0n) is 9.72. The Balaban J connectivity index is 2.80. The number of aliphatic hydroxyl groups excluding tert-OH is 1. The molecule has 0 amide bonds. The van der Waals surface area contributed by atoms with E-state index >= 15 is 0 Å². The molecule has 0 unspecified atom stereocenters. The van der Waals surface area contributed by atoms with E-state index in [1.807, 2.05) is 0 Å². The Bertz CT molecular complexity index is 381. The molecular weight excluding hydrogens is 227 g/mol. The van der Waals surface area contributed by atoms with Gasteiger partial charge in [0.2, 0.25) is 6.17 Å². The number of rotatable bonds is 5. The van der Waals surface area contributed by atoms with Crippen molar-refractivity contribution in [1.82, 2.24) is 0 Å². The fourth-order valence-corrected chi connectivity index (χ4v) is 1.35. The summed E-state index contributed by atoms with van der Waals surface area (Å²) in [6, 6.07) is 6.25. The maximum Gasteiger partial charge on any atom is 0.343 e. The van der Waals surface area contributed by atoms with Crippen LogP contribution in [0.3, 0.4) is 0 Å². The Hall–Kier alpha value is -1.62. The van der Waals surface area contributed by atoms with Gasteiger partial charge in [-0.25, -0.2) is 9.18 Å². The first-order valence-electron chi connectivity index (χ1n) is 5.22. The van der Waals surface area contributed by atoms with E-state index in [1.165, 1.54) is 19.2 Å². The van der Waals surface area contributed by atoms with Gasteiger partial charge in [-0.3, -0.25) is 0 Å². The van der Waals surface area contributed by atoms with Crippen molar-refractivity contribution in [3.63, 3.8) is 0 Å². The number of ether oxygens (including phenoxy) is 2. The SMILES string of the molecule is CCOC(=O)[C@@H](F)[C@H](O)c1cccc(OC)c1. The molecule has 17 heavy (non-hydrogen) atoms. The third kappa shape index (κ3) is 3.42. The topological polar surface area (TPSA) is 55.8 Å². The van der Waals surface area contributed by atoms with Crippen molar-refractivity contribution < 1.29 is 23.8 Å². The van der Waals surface area contributed by atoms with Crippen molar-refractivity contribution in [3.05, 3.63) is 29.8 Å². The average molecular weight is 242 g/mol. The smallest absolute Gasteiger partial charge is 0.343 e. The largest absolute Gasteiger partial charge is 0.497 e. The van der Waals surface area contributed by atoms with Crippen LogP contribution in [0.5, 0.6) is 5.75 Å². The number of aliphatic hydroxyl groups is 1. The molecule has 0 bridgehead atoms. The summed E-state index contributed by atoms with van der Waals surface area (Å²) in [5.41, 5.74) is 0.268. The Morgan fingerprint density at radius 1 is 1.53 bits per heavy atom. The number of halogens is 1. The van der Waals surface area contributed by atoms with Crippen LogP contribution in [0.15, 0.2) is 24.3 Å². The second kappa shape index (κ2) is 6.20. The minimum Gasteiger partial charge on any atom is -0.497 e. The second-order valence-electron chi connectivity index (χ2n) is 3.38. The normalized spacial score (nSPS) is 13.9. The maximum absolute atomic E-state index is 13.5. The van der Waals surface area contributed by atoms with Crippen LogP contribution in [-0.4, -0.2) is 31.0 Å². The summed E-state index contributed by atoms with van der Waals surface area (Å²) < 4.78 is 23.0. The fraction of sp³-hybridized carbons (Fsp3) is 0.417.